The van der Waals surface area contributed by atoms with Gasteiger partial charge in [-0.1, -0.05) is 6.08 Å². The minimum Gasteiger partial charge on any atom is -0.389 e. The zero-order valence-corrected chi connectivity index (χ0v) is 17.9. The Balaban J connectivity index is 1.74. The van der Waals surface area contributed by atoms with E-state index in [9.17, 15) is 9.90 Å². The Morgan fingerprint density at radius 2 is 2.24 bits per heavy atom. The van der Waals surface area contributed by atoms with Gasteiger partial charge in [0.05, 0.1) is 31.2 Å². The van der Waals surface area contributed by atoms with Crippen molar-refractivity contribution < 1.29 is 14.6 Å². The molecule has 3 rings (SSSR count). The molecule has 160 valence electrons. The number of hydrogen-bond donors (Lipinski definition) is 2. The van der Waals surface area contributed by atoms with E-state index in [1.54, 1.807) is 24.5 Å². The van der Waals surface area contributed by atoms with Gasteiger partial charge in [0.2, 0.25) is 0 Å². The van der Waals surface area contributed by atoms with E-state index in [1.807, 2.05) is 0 Å². The molecule has 1 aliphatic rings. The van der Waals surface area contributed by atoms with Gasteiger partial charge in [-0.15, -0.1) is 17.9 Å². The van der Waals surface area contributed by atoms with E-state index in [4.69, 9.17) is 14.5 Å². The second-order valence-corrected chi connectivity index (χ2v) is 8.55. The zero-order chi connectivity index (χ0) is 20.6. The number of H-pyrrole nitrogens is 1. The number of aromatic amines is 1. The van der Waals surface area contributed by atoms with Crippen LogP contribution >= 0.6 is 11.3 Å². The number of methoxy groups -OCH3 is 1. The van der Waals surface area contributed by atoms with Gasteiger partial charge >= 0.3 is 0 Å². The summed E-state index contributed by atoms with van der Waals surface area (Å²) in [6.45, 7) is 6.54. The van der Waals surface area contributed by atoms with Crippen LogP contribution in [0.2, 0.25) is 0 Å². The Hall–Kier alpha value is -1.58. The molecular weight excluding hydrogens is 390 g/mol. The molecule has 0 bridgehead atoms. The topological polar surface area (TPSA) is 87.7 Å². The number of aryl methyl sites for hydroxylation is 2. The van der Waals surface area contributed by atoms with Crippen molar-refractivity contribution in [2.75, 3.05) is 40.0 Å². The van der Waals surface area contributed by atoms with Gasteiger partial charge in [-0.25, -0.2) is 4.98 Å². The second kappa shape index (κ2) is 11.0. The third kappa shape index (κ3) is 5.96. The summed E-state index contributed by atoms with van der Waals surface area (Å²) in [7, 11) is 1.67. The first-order valence-corrected chi connectivity index (χ1v) is 11.1. The lowest BCUT2D eigenvalue weighted by Crippen LogP contribution is -2.36. The fraction of sp³-hybridized carbons (Fsp3) is 0.619. The number of thiophene rings is 1. The number of fused-ring (bicyclic) bond motifs is 3. The third-order valence-corrected chi connectivity index (χ3v) is 6.27. The van der Waals surface area contributed by atoms with Gasteiger partial charge in [-0.3, -0.25) is 9.69 Å². The van der Waals surface area contributed by atoms with Crippen molar-refractivity contribution in [3.8, 4) is 0 Å². The maximum Gasteiger partial charge on any atom is 0.259 e. The lowest BCUT2D eigenvalue weighted by Gasteiger charge is -2.24. The average molecular weight is 422 g/mol. The Morgan fingerprint density at radius 3 is 3.03 bits per heavy atom. The van der Waals surface area contributed by atoms with Gasteiger partial charge in [0.25, 0.3) is 5.56 Å². The summed E-state index contributed by atoms with van der Waals surface area (Å²) < 4.78 is 10.5. The lowest BCUT2D eigenvalue weighted by atomic mass is 9.97. The lowest BCUT2D eigenvalue weighted by molar-refractivity contribution is 0.0225. The molecule has 2 aromatic heterocycles. The average Bonchev–Trinajstić information content (AvgIpc) is 3.07. The highest BCUT2D eigenvalue weighted by Crippen LogP contribution is 2.33. The van der Waals surface area contributed by atoms with Crippen molar-refractivity contribution in [1.82, 2.24) is 14.9 Å². The first kappa shape index (κ1) is 22.1. The first-order chi connectivity index (χ1) is 14.1. The number of aromatic nitrogens is 2. The fourth-order valence-corrected chi connectivity index (χ4v) is 5.08. The molecular formula is C21H31N3O4S. The summed E-state index contributed by atoms with van der Waals surface area (Å²) in [5.41, 5.74) is 1.15. The van der Waals surface area contributed by atoms with Crippen LogP contribution in [0.15, 0.2) is 17.4 Å². The van der Waals surface area contributed by atoms with Crippen molar-refractivity contribution in [3.63, 3.8) is 0 Å². The van der Waals surface area contributed by atoms with Gasteiger partial charge in [-0.2, -0.15) is 0 Å². The number of aliphatic hydroxyl groups is 1. The van der Waals surface area contributed by atoms with Crippen LogP contribution in [0, 0.1) is 0 Å². The normalized spacial score (nSPS) is 15.0. The quantitative estimate of drug-likeness (QED) is 0.404. The molecule has 2 heterocycles. The Morgan fingerprint density at radius 1 is 1.41 bits per heavy atom. The van der Waals surface area contributed by atoms with Crippen molar-refractivity contribution in [2.45, 2.75) is 44.8 Å². The summed E-state index contributed by atoms with van der Waals surface area (Å²) in [5, 5.41) is 11.1. The van der Waals surface area contributed by atoms with E-state index >= 15 is 0 Å². The molecule has 0 amide bonds. The van der Waals surface area contributed by atoms with Crippen LogP contribution in [0.1, 0.15) is 35.5 Å². The van der Waals surface area contributed by atoms with E-state index in [2.05, 4.69) is 16.5 Å². The number of hydrogen-bond acceptors (Lipinski definition) is 7. The molecule has 0 saturated carbocycles. The van der Waals surface area contributed by atoms with Crippen molar-refractivity contribution >= 4 is 21.6 Å². The van der Waals surface area contributed by atoms with Gasteiger partial charge in [0, 0.05) is 31.7 Å². The predicted octanol–water partition coefficient (Wildman–Crippen LogP) is 2.27. The van der Waals surface area contributed by atoms with Gasteiger partial charge in [0.1, 0.15) is 10.7 Å². The molecule has 29 heavy (non-hydrogen) atoms. The van der Waals surface area contributed by atoms with Gasteiger partial charge in [0.15, 0.2) is 0 Å². The number of aliphatic hydroxyl groups excluding tert-OH is 1. The molecule has 0 aromatic carbocycles. The molecule has 0 fully saturated rings. The van der Waals surface area contributed by atoms with Crippen LogP contribution in [0.4, 0.5) is 0 Å². The first-order valence-electron chi connectivity index (χ1n) is 10.2. The van der Waals surface area contributed by atoms with Crippen LogP contribution in [0.3, 0.4) is 0 Å². The molecule has 2 N–H and O–H groups in total. The second-order valence-electron chi connectivity index (χ2n) is 7.47. The van der Waals surface area contributed by atoms with Crippen molar-refractivity contribution in [1.29, 1.82) is 0 Å². The molecule has 0 saturated heterocycles. The van der Waals surface area contributed by atoms with E-state index < -0.39 is 6.10 Å². The number of ether oxygens (including phenoxy) is 2. The third-order valence-electron chi connectivity index (χ3n) is 5.09. The summed E-state index contributed by atoms with van der Waals surface area (Å²) in [5.74, 6) is 0.637. The Bertz CT molecular complexity index is 863. The van der Waals surface area contributed by atoms with Crippen LogP contribution < -0.4 is 5.56 Å². The van der Waals surface area contributed by atoms with E-state index in [0.717, 1.165) is 42.4 Å². The van der Waals surface area contributed by atoms with Gasteiger partial charge in [-0.05, 0) is 37.7 Å². The molecule has 1 unspecified atom stereocenters. The highest BCUT2D eigenvalue weighted by Gasteiger charge is 2.21. The van der Waals surface area contributed by atoms with Crippen LogP contribution in [0.25, 0.3) is 10.2 Å². The van der Waals surface area contributed by atoms with Crippen LogP contribution in [-0.2, 0) is 28.9 Å². The molecule has 0 radical (unpaired) electrons. The number of rotatable bonds is 12. The number of nitrogens with zero attached hydrogens (tertiary/aromatic N) is 2. The molecule has 8 heteroatoms. The minimum atomic E-state index is -0.623. The standard InChI is InChI=1S/C21H31N3O4S/c1-3-10-28-14-15(25)12-24(9-6-11-27-2)13-18-22-20(26)19-16-7-4-5-8-17(16)29-21(19)23-18/h3,15,25H,1,4-14H2,2H3,(H,22,23,26). The largest absolute Gasteiger partial charge is 0.389 e. The van der Waals surface area contributed by atoms with Crippen LogP contribution in [0.5, 0.6) is 0 Å². The summed E-state index contributed by atoms with van der Waals surface area (Å²) in [4.78, 5) is 24.7. The number of nitrogens with one attached hydrogen (secondary N) is 1. The van der Waals surface area contributed by atoms with E-state index in [0.29, 0.717) is 32.1 Å². The van der Waals surface area contributed by atoms with Crippen molar-refractivity contribution in [2.24, 2.45) is 0 Å². The molecule has 7 nitrogen and oxygen atoms in total. The zero-order valence-electron chi connectivity index (χ0n) is 17.1. The minimum absolute atomic E-state index is 0.0453. The molecule has 1 atom stereocenters. The molecule has 0 aliphatic heterocycles. The Labute approximate surface area is 175 Å². The summed E-state index contributed by atoms with van der Waals surface area (Å²) >= 11 is 1.66. The van der Waals surface area contributed by atoms with Gasteiger partial charge < -0.3 is 19.6 Å². The molecule has 0 spiro atoms. The maximum absolute atomic E-state index is 12.8. The maximum atomic E-state index is 12.8. The van der Waals surface area contributed by atoms with Crippen molar-refractivity contribution in [3.05, 3.63) is 39.3 Å². The summed E-state index contributed by atoms with van der Waals surface area (Å²) in [6.07, 6.45) is 6.21. The smallest absolute Gasteiger partial charge is 0.259 e. The van der Waals surface area contributed by atoms with E-state index in [1.165, 1.54) is 16.9 Å². The SMILES string of the molecule is C=CCOCC(O)CN(CCCOC)Cc1nc2sc3c(c2c(=O)[nH]1)CCCC3. The monoisotopic (exact) mass is 421 g/mol. The molecule has 2 aromatic rings. The fourth-order valence-electron chi connectivity index (χ4n) is 3.80. The highest BCUT2D eigenvalue weighted by molar-refractivity contribution is 7.18. The Kier molecular flexibility index (Phi) is 8.38. The molecule has 1 aliphatic carbocycles. The summed E-state index contributed by atoms with van der Waals surface area (Å²) in [6, 6.07) is 0. The van der Waals surface area contributed by atoms with E-state index in [-0.39, 0.29) is 12.2 Å². The predicted molar refractivity (Wildman–Crippen MR) is 116 cm³/mol. The highest BCUT2D eigenvalue weighted by atomic mass is 32.1. The van der Waals surface area contributed by atoms with Crippen LogP contribution in [-0.4, -0.2) is 66.1 Å².